The van der Waals surface area contributed by atoms with Crippen LogP contribution in [0.15, 0.2) is 82.4 Å². The van der Waals surface area contributed by atoms with Crippen molar-refractivity contribution in [1.82, 2.24) is 10.3 Å². The van der Waals surface area contributed by atoms with Gasteiger partial charge in [-0.2, -0.15) is 0 Å². The molecule has 0 unspecified atom stereocenters. The van der Waals surface area contributed by atoms with Gasteiger partial charge in [0.05, 0.1) is 12.2 Å². The standard InChI is InChI=1S/C22H20BrN5O2/c1-15(29)26-18-9-4-6-16(12-18)21(30)28-22(25-14-20-8-2-3-11-24-20)27-19-10-5-7-17(23)13-19/h2-13H,14H2,1H3,(H,26,29)(H2,25,27,28,30). The van der Waals surface area contributed by atoms with Crippen LogP contribution in [0.2, 0.25) is 0 Å². The lowest BCUT2D eigenvalue weighted by Crippen LogP contribution is -2.36. The normalized spacial score (nSPS) is 10.9. The summed E-state index contributed by atoms with van der Waals surface area (Å²) in [7, 11) is 0. The van der Waals surface area contributed by atoms with E-state index in [1.807, 2.05) is 42.5 Å². The molecule has 2 amide bonds. The van der Waals surface area contributed by atoms with Crippen molar-refractivity contribution < 1.29 is 9.59 Å². The summed E-state index contributed by atoms with van der Waals surface area (Å²) in [5, 5.41) is 8.59. The number of aliphatic imine (C=N–C) groups is 1. The fraction of sp³-hybridized carbons (Fsp3) is 0.0909. The van der Waals surface area contributed by atoms with Crippen molar-refractivity contribution in [2.45, 2.75) is 13.5 Å². The molecule has 1 aromatic heterocycles. The molecule has 3 rings (SSSR count). The number of nitrogens with zero attached hydrogens (tertiary/aromatic N) is 2. The highest BCUT2D eigenvalue weighted by atomic mass is 79.9. The molecule has 2 aromatic carbocycles. The minimum Gasteiger partial charge on any atom is -0.326 e. The predicted octanol–water partition coefficient (Wildman–Crippen LogP) is 4.20. The molecule has 3 aromatic rings. The summed E-state index contributed by atoms with van der Waals surface area (Å²) in [5.74, 6) is -0.278. The van der Waals surface area contributed by atoms with Gasteiger partial charge in [-0.1, -0.05) is 34.1 Å². The molecule has 0 bridgehead atoms. The lowest BCUT2D eigenvalue weighted by Gasteiger charge is -2.13. The summed E-state index contributed by atoms with van der Waals surface area (Å²) in [6.07, 6.45) is 1.69. The van der Waals surface area contributed by atoms with Gasteiger partial charge >= 0.3 is 0 Å². The third-order valence-corrected chi connectivity index (χ3v) is 4.38. The van der Waals surface area contributed by atoms with Crippen LogP contribution in [0, 0.1) is 0 Å². The number of pyridine rings is 1. The van der Waals surface area contributed by atoms with Crippen molar-refractivity contribution in [3.05, 3.63) is 88.7 Å². The first-order valence-electron chi connectivity index (χ1n) is 9.15. The van der Waals surface area contributed by atoms with Gasteiger partial charge in [0, 0.05) is 34.5 Å². The number of guanidine groups is 1. The second-order valence-corrected chi connectivity index (χ2v) is 7.25. The van der Waals surface area contributed by atoms with Crippen molar-refractivity contribution in [3.63, 3.8) is 0 Å². The van der Waals surface area contributed by atoms with E-state index in [9.17, 15) is 9.59 Å². The number of hydrogen-bond acceptors (Lipinski definition) is 4. The highest BCUT2D eigenvalue weighted by Gasteiger charge is 2.11. The van der Waals surface area contributed by atoms with Crippen LogP contribution >= 0.6 is 15.9 Å². The molecule has 0 aliphatic rings. The van der Waals surface area contributed by atoms with Crippen LogP contribution in [0.1, 0.15) is 23.0 Å². The topological polar surface area (TPSA) is 95.5 Å². The zero-order chi connectivity index (χ0) is 21.3. The van der Waals surface area contributed by atoms with Gasteiger partial charge in [0.25, 0.3) is 5.91 Å². The van der Waals surface area contributed by atoms with Crippen molar-refractivity contribution >= 4 is 45.1 Å². The van der Waals surface area contributed by atoms with E-state index in [1.165, 1.54) is 6.92 Å². The van der Waals surface area contributed by atoms with Crippen LogP contribution in [0.4, 0.5) is 11.4 Å². The number of carbonyl (C=O) groups is 2. The maximum Gasteiger partial charge on any atom is 0.258 e. The first kappa shape index (κ1) is 21.2. The number of halogens is 1. The molecular weight excluding hydrogens is 446 g/mol. The monoisotopic (exact) mass is 465 g/mol. The quantitative estimate of drug-likeness (QED) is 0.388. The summed E-state index contributed by atoms with van der Waals surface area (Å²) in [4.78, 5) is 32.8. The molecule has 0 saturated carbocycles. The van der Waals surface area contributed by atoms with Gasteiger partial charge in [0.1, 0.15) is 0 Å². The van der Waals surface area contributed by atoms with E-state index in [0.717, 1.165) is 15.9 Å². The van der Waals surface area contributed by atoms with E-state index < -0.39 is 0 Å². The highest BCUT2D eigenvalue weighted by molar-refractivity contribution is 9.10. The fourth-order valence-electron chi connectivity index (χ4n) is 2.59. The molecule has 0 spiro atoms. The number of benzene rings is 2. The molecule has 1 heterocycles. The van der Waals surface area contributed by atoms with Crippen molar-refractivity contribution in [2.24, 2.45) is 4.99 Å². The summed E-state index contributed by atoms with van der Waals surface area (Å²) >= 11 is 3.43. The molecule has 0 saturated heterocycles. The number of aromatic nitrogens is 1. The van der Waals surface area contributed by atoms with Crippen molar-refractivity contribution in [1.29, 1.82) is 0 Å². The van der Waals surface area contributed by atoms with Gasteiger partial charge in [-0.15, -0.1) is 0 Å². The summed E-state index contributed by atoms with van der Waals surface area (Å²) in [6.45, 7) is 1.71. The largest absolute Gasteiger partial charge is 0.326 e. The fourth-order valence-corrected chi connectivity index (χ4v) is 2.99. The van der Waals surface area contributed by atoms with Gasteiger partial charge in [-0.3, -0.25) is 19.9 Å². The Morgan fingerprint density at radius 1 is 0.967 bits per heavy atom. The van der Waals surface area contributed by atoms with Gasteiger partial charge in [0.2, 0.25) is 11.9 Å². The molecule has 0 radical (unpaired) electrons. The van der Waals surface area contributed by atoms with Gasteiger partial charge in [0.15, 0.2) is 0 Å². The highest BCUT2D eigenvalue weighted by Crippen LogP contribution is 2.16. The molecule has 30 heavy (non-hydrogen) atoms. The molecule has 0 atom stereocenters. The minimum absolute atomic E-state index is 0.207. The number of amides is 2. The first-order valence-corrected chi connectivity index (χ1v) is 9.95. The lowest BCUT2D eigenvalue weighted by atomic mass is 10.2. The van der Waals surface area contributed by atoms with Crippen molar-refractivity contribution in [2.75, 3.05) is 10.6 Å². The van der Waals surface area contributed by atoms with Gasteiger partial charge in [-0.05, 0) is 48.5 Å². The number of rotatable bonds is 5. The predicted molar refractivity (Wildman–Crippen MR) is 121 cm³/mol. The molecule has 3 N–H and O–H groups in total. The zero-order valence-corrected chi connectivity index (χ0v) is 17.8. The van der Waals surface area contributed by atoms with Gasteiger partial charge < -0.3 is 10.6 Å². The molecule has 0 fully saturated rings. The molecule has 152 valence electrons. The summed E-state index contributed by atoms with van der Waals surface area (Å²) < 4.78 is 0.894. The second kappa shape index (κ2) is 10.3. The Labute approximate surface area is 182 Å². The van der Waals surface area contributed by atoms with E-state index in [0.29, 0.717) is 17.8 Å². The van der Waals surface area contributed by atoms with Crippen LogP contribution in [-0.4, -0.2) is 22.8 Å². The maximum absolute atomic E-state index is 12.8. The van der Waals surface area contributed by atoms with Crippen LogP contribution in [-0.2, 0) is 11.3 Å². The van der Waals surface area contributed by atoms with E-state index in [4.69, 9.17) is 0 Å². The number of nitrogens with one attached hydrogen (secondary N) is 3. The molecule has 0 aliphatic heterocycles. The molecular formula is C22H20BrN5O2. The Bertz CT molecular complexity index is 1070. The lowest BCUT2D eigenvalue weighted by molar-refractivity contribution is -0.114. The Kier molecular flexibility index (Phi) is 7.29. The summed E-state index contributed by atoms with van der Waals surface area (Å²) in [6, 6.07) is 19.8. The minimum atomic E-state index is -0.357. The van der Waals surface area contributed by atoms with Crippen LogP contribution < -0.4 is 16.0 Å². The number of carbonyl (C=O) groups excluding carboxylic acids is 2. The van der Waals surface area contributed by atoms with E-state index in [1.54, 1.807) is 30.5 Å². The van der Waals surface area contributed by atoms with Crippen LogP contribution in [0.25, 0.3) is 0 Å². The van der Waals surface area contributed by atoms with Gasteiger partial charge in [-0.25, -0.2) is 4.99 Å². The number of anilines is 2. The Hall–Kier alpha value is -3.52. The Balaban J connectivity index is 1.80. The van der Waals surface area contributed by atoms with E-state index >= 15 is 0 Å². The maximum atomic E-state index is 12.8. The number of hydrogen-bond donors (Lipinski definition) is 3. The second-order valence-electron chi connectivity index (χ2n) is 6.34. The molecule has 7 nitrogen and oxygen atoms in total. The third-order valence-electron chi connectivity index (χ3n) is 3.89. The first-order chi connectivity index (χ1) is 14.5. The van der Waals surface area contributed by atoms with Crippen LogP contribution in [0.3, 0.4) is 0 Å². The van der Waals surface area contributed by atoms with E-state index in [2.05, 4.69) is 41.9 Å². The Morgan fingerprint density at radius 3 is 2.43 bits per heavy atom. The Morgan fingerprint density at radius 2 is 1.73 bits per heavy atom. The average molecular weight is 466 g/mol. The average Bonchev–Trinajstić information content (AvgIpc) is 2.72. The van der Waals surface area contributed by atoms with Crippen molar-refractivity contribution in [3.8, 4) is 0 Å². The zero-order valence-electron chi connectivity index (χ0n) is 16.2. The smallest absolute Gasteiger partial charge is 0.258 e. The molecule has 8 heteroatoms. The van der Waals surface area contributed by atoms with E-state index in [-0.39, 0.29) is 17.8 Å². The molecule has 0 aliphatic carbocycles. The van der Waals surface area contributed by atoms with Crippen LogP contribution in [0.5, 0.6) is 0 Å². The summed E-state index contributed by atoms with van der Waals surface area (Å²) in [5.41, 5.74) is 2.47. The third kappa shape index (κ3) is 6.52. The SMILES string of the molecule is CC(=O)Nc1cccc(C(=O)NC(=NCc2ccccn2)Nc2cccc(Br)c2)c1.